The Kier molecular flexibility index (Phi) is 6.30. The molecule has 29 heavy (non-hydrogen) atoms. The van der Waals surface area contributed by atoms with Gasteiger partial charge in [-0.25, -0.2) is 9.59 Å². The van der Waals surface area contributed by atoms with Crippen molar-refractivity contribution >= 4 is 30.7 Å². The first-order valence-electron chi connectivity index (χ1n) is 9.11. The molecule has 3 rings (SSSR count). The van der Waals surface area contributed by atoms with Crippen molar-refractivity contribution in [1.29, 1.82) is 0 Å². The molecular weight excluding hydrogens is 387 g/mol. The van der Waals surface area contributed by atoms with Crippen LogP contribution in [0.2, 0.25) is 0 Å². The Balaban J connectivity index is 2.15. The quantitative estimate of drug-likeness (QED) is 0.557. The molecule has 0 spiro atoms. The number of hydrogen-bond donors (Lipinski definition) is 2. The van der Waals surface area contributed by atoms with E-state index in [0.29, 0.717) is 5.56 Å². The molecule has 0 heterocycles. The van der Waals surface area contributed by atoms with Crippen molar-refractivity contribution in [2.75, 3.05) is 0 Å². The van der Waals surface area contributed by atoms with Gasteiger partial charge in [-0.1, -0.05) is 74.5 Å². The number of carboxylic acids is 2. The number of carboxylic acid groups (broad SMARTS) is 2. The van der Waals surface area contributed by atoms with E-state index in [2.05, 4.69) is 0 Å². The summed E-state index contributed by atoms with van der Waals surface area (Å²) in [5.41, 5.74) is 0.472. The first kappa shape index (κ1) is 20.6. The lowest BCUT2D eigenvalue weighted by atomic mass is 9.94. The van der Waals surface area contributed by atoms with Gasteiger partial charge in [0, 0.05) is 10.6 Å². The number of hydrogen-bond acceptors (Lipinski definition) is 3. The summed E-state index contributed by atoms with van der Waals surface area (Å²) in [6, 6.07) is 21.8. The van der Waals surface area contributed by atoms with Crippen LogP contribution in [-0.2, 0) is 0 Å². The fraction of sp³-hybridized carbons (Fsp3) is 0.130. The highest BCUT2D eigenvalue weighted by Crippen LogP contribution is 2.40. The van der Waals surface area contributed by atoms with E-state index in [4.69, 9.17) is 4.52 Å². The molecule has 0 bridgehead atoms. The molecule has 0 radical (unpaired) electrons. The Morgan fingerprint density at radius 3 is 1.69 bits per heavy atom. The average Bonchev–Trinajstić information content (AvgIpc) is 2.72. The fourth-order valence-corrected chi connectivity index (χ4v) is 4.72. The summed E-state index contributed by atoms with van der Waals surface area (Å²) in [4.78, 5) is 23.7. The predicted octanol–water partition coefficient (Wildman–Crippen LogP) is 4.63. The Morgan fingerprint density at radius 1 is 0.793 bits per heavy atom. The predicted molar refractivity (Wildman–Crippen MR) is 114 cm³/mol. The Morgan fingerprint density at radius 2 is 1.28 bits per heavy atom. The van der Waals surface area contributed by atoms with E-state index in [1.54, 1.807) is 0 Å². The first-order valence-corrected chi connectivity index (χ1v) is 10.4. The molecule has 148 valence electrons. The highest BCUT2D eigenvalue weighted by Gasteiger charge is 2.25. The second kappa shape index (κ2) is 8.89. The lowest BCUT2D eigenvalue weighted by molar-refractivity contribution is 0.0678. The Hall–Kier alpha value is -3.17. The van der Waals surface area contributed by atoms with Crippen molar-refractivity contribution in [1.82, 2.24) is 0 Å². The summed E-state index contributed by atoms with van der Waals surface area (Å²) in [7, 11) is -1.38. The number of aromatic carboxylic acids is 2. The van der Waals surface area contributed by atoms with Gasteiger partial charge in [0.25, 0.3) is 0 Å². The van der Waals surface area contributed by atoms with Crippen LogP contribution < -0.4 is 15.1 Å². The van der Waals surface area contributed by atoms with Crippen LogP contribution in [0.4, 0.5) is 0 Å². The van der Waals surface area contributed by atoms with Gasteiger partial charge in [-0.05, 0) is 23.6 Å². The minimum Gasteiger partial charge on any atom is -0.478 e. The maximum atomic E-state index is 11.9. The molecule has 5 nitrogen and oxygen atoms in total. The van der Waals surface area contributed by atoms with Crippen LogP contribution in [0, 0.1) is 0 Å². The van der Waals surface area contributed by atoms with Crippen molar-refractivity contribution in [3.05, 3.63) is 89.5 Å². The van der Waals surface area contributed by atoms with E-state index in [1.165, 1.54) is 12.1 Å². The van der Waals surface area contributed by atoms with E-state index < -0.39 is 20.1 Å². The number of rotatable bonds is 7. The van der Waals surface area contributed by atoms with Crippen molar-refractivity contribution < 1.29 is 24.3 Å². The van der Waals surface area contributed by atoms with Crippen molar-refractivity contribution in [3.8, 4) is 5.75 Å². The Labute approximate surface area is 170 Å². The van der Waals surface area contributed by atoms with E-state index in [1.807, 2.05) is 74.5 Å². The van der Waals surface area contributed by atoms with Gasteiger partial charge < -0.3 is 14.7 Å². The van der Waals surface area contributed by atoms with Gasteiger partial charge in [0.2, 0.25) is 0 Å². The van der Waals surface area contributed by atoms with Crippen LogP contribution in [0.25, 0.3) is 0 Å². The maximum Gasteiger partial charge on any atom is 0.339 e. The molecule has 0 atom stereocenters. The lowest BCUT2D eigenvalue weighted by Gasteiger charge is -2.22. The van der Waals surface area contributed by atoms with Gasteiger partial charge in [-0.3, -0.25) is 0 Å². The van der Waals surface area contributed by atoms with Crippen molar-refractivity contribution in [3.63, 3.8) is 0 Å². The maximum absolute atomic E-state index is 11.9. The molecule has 2 N–H and O–H groups in total. The standard InChI is InChI=1S/C23H21O5P/c1-15(2)18-13-20(23(26)27)21(14-19(18)22(24)25)28-29(16-9-5-3-6-10-16)17-11-7-4-8-12-17/h3-15H,1-2H3,(H,24,25)(H,26,27). The largest absolute Gasteiger partial charge is 0.478 e. The van der Waals surface area contributed by atoms with Gasteiger partial charge in [0.05, 0.1) is 5.56 Å². The molecule has 0 unspecified atom stereocenters. The summed E-state index contributed by atoms with van der Waals surface area (Å²) in [6.45, 7) is 3.66. The van der Waals surface area contributed by atoms with Gasteiger partial charge in [-0.15, -0.1) is 0 Å². The number of benzene rings is 3. The third-order valence-electron chi connectivity index (χ3n) is 4.41. The second-order valence-electron chi connectivity index (χ2n) is 6.76. The van der Waals surface area contributed by atoms with Crippen molar-refractivity contribution in [2.24, 2.45) is 0 Å². The molecule has 0 fully saturated rings. The molecular formula is C23H21O5P. The summed E-state index contributed by atoms with van der Waals surface area (Å²) >= 11 is 0. The zero-order valence-corrected chi connectivity index (χ0v) is 17.0. The zero-order valence-electron chi connectivity index (χ0n) is 16.1. The van der Waals surface area contributed by atoms with Crippen LogP contribution in [0.15, 0.2) is 72.8 Å². The van der Waals surface area contributed by atoms with Crippen LogP contribution >= 0.6 is 8.15 Å². The highest BCUT2D eigenvalue weighted by molar-refractivity contribution is 7.68. The molecule has 6 heteroatoms. The van der Waals surface area contributed by atoms with E-state index in [9.17, 15) is 19.8 Å². The monoisotopic (exact) mass is 408 g/mol. The normalized spacial score (nSPS) is 10.9. The minimum absolute atomic E-state index is 0.0435. The SMILES string of the molecule is CC(C)c1cc(C(=O)O)c(OP(c2ccccc2)c2ccccc2)cc1C(=O)O. The minimum atomic E-state index is -1.38. The topological polar surface area (TPSA) is 83.8 Å². The van der Waals surface area contributed by atoms with E-state index >= 15 is 0 Å². The van der Waals surface area contributed by atoms with Gasteiger partial charge in [0.1, 0.15) is 11.3 Å². The molecule has 3 aromatic rings. The van der Waals surface area contributed by atoms with Gasteiger partial charge >= 0.3 is 11.9 Å². The summed E-state index contributed by atoms with van der Waals surface area (Å²) < 4.78 is 6.23. The van der Waals surface area contributed by atoms with E-state index in [0.717, 1.165) is 10.6 Å². The van der Waals surface area contributed by atoms with Crippen LogP contribution in [0.5, 0.6) is 5.75 Å². The molecule has 0 aliphatic heterocycles. The molecule has 0 amide bonds. The third-order valence-corrected chi connectivity index (χ3v) is 6.32. The van der Waals surface area contributed by atoms with Gasteiger partial charge in [0.15, 0.2) is 8.15 Å². The van der Waals surface area contributed by atoms with Gasteiger partial charge in [-0.2, -0.15) is 0 Å². The average molecular weight is 408 g/mol. The zero-order chi connectivity index (χ0) is 21.0. The first-order chi connectivity index (χ1) is 13.9. The van der Waals surface area contributed by atoms with Crippen molar-refractivity contribution in [2.45, 2.75) is 19.8 Å². The molecule has 0 aliphatic rings. The lowest BCUT2D eigenvalue weighted by Crippen LogP contribution is -2.17. The highest BCUT2D eigenvalue weighted by atomic mass is 31.1. The molecule has 0 saturated heterocycles. The van der Waals surface area contributed by atoms with Crippen LogP contribution in [-0.4, -0.2) is 22.2 Å². The molecule has 0 aromatic heterocycles. The molecule has 3 aromatic carbocycles. The van der Waals surface area contributed by atoms with Crippen LogP contribution in [0.3, 0.4) is 0 Å². The fourth-order valence-electron chi connectivity index (χ4n) is 2.98. The van der Waals surface area contributed by atoms with E-state index in [-0.39, 0.29) is 22.8 Å². The molecule has 0 saturated carbocycles. The summed E-state index contributed by atoms with van der Waals surface area (Å²) in [5, 5.41) is 21.2. The van der Waals surface area contributed by atoms with Crippen LogP contribution in [0.1, 0.15) is 46.0 Å². The molecule has 0 aliphatic carbocycles. The third kappa shape index (κ3) is 4.64. The number of carbonyl (C=O) groups is 2. The Bertz CT molecular complexity index is 977. The summed E-state index contributed by atoms with van der Waals surface area (Å²) in [5.74, 6) is -2.36. The second-order valence-corrected chi connectivity index (χ2v) is 8.56. The smallest absolute Gasteiger partial charge is 0.339 e. The summed E-state index contributed by atoms with van der Waals surface area (Å²) in [6.07, 6.45) is 0.